The summed E-state index contributed by atoms with van der Waals surface area (Å²) >= 11 is 0. The molecule has 0 unspecified atom stereocenters. The van der Waals surface area contributed by atoms with Crippen LogP contribution >= 0.6 is 0 Å². The van der Waals surface area contributed by atoms with Crippen molar-refractivity contribution in [3.63, 3.8) is 0 Å². The van der Waals surface area contributed by atoms with Gasteiger partial charge in [-0.1, -0.05) is 12.1 Å². The number of rotatable bonds is 2. The van der Waals surface area contributed by atoms with Gasteiger partial charge in [-0.2, -0.15) is 0 Å². The molecule has 78 valence electrons. The summed E-state index contributed by atoms with van der Waals surface area (Å²) in [5.74, 6) is 0. The Balaban J connectivity index is 2.43. The molecule has 0 fully saturated rings. The van der Waals surface area contributed by atoms with E-state index in [1.54, 1.807) is 0 Å². The normalized spacial score (nSPS) is 13.0. The second-order valence-corrected chi connectivity index (χ2v) is 4.16. The lowest BCUT2D eigenvalue weighted by Gasteiger charge is -2.06. The van der Waals surface area contributed by atoms with Gasteiger partial charge in [0.2, 0.25) is 0 Å². The highest BCUT2D eigenvalue weighted by molar-refractivity contribution is 5.79. The summed E-state index contributed by atoms with van der Waals surface area (Å²) in [4.78, 5) is 4.46. The Hall–Kier alpha value is -1.41. The largest absolute Gasteiger partial charge is 0.328 e. The molecule has 0 amide bonds. The van der Waals surface area contributed by atoms with Crippen molar-refractivity contribution in [2.45, 2.75) is 26.3 Å². The van der Waals surface area contributed by atoms with Gasteiger partial charge < -0.3 is 5.73 Å². The Labute approximate surface area is 90.1 Å². The van der Waals surface area contributed by atoms with E-state index >= 15 is 0 Å². The summed E-state index contributed by atoms with van der Waals surface area (Å²) in [7, 11) is 0. The molecular formula is C13H16N2. The summed E-state index contributed by atoms with van der Waals surface area (Å²) < 4.78 is 0. The quantitative estimate of drug-likeness (QED) is 0.808. The van der Waals surface area contributed by atoms with Crippen LogP contribution in [0.5, 0.6) is 0 Å². The zero-order chi connectivity index (χ0) is 10.8. The van der Waals surface area contributed by atoms with Crippen molar-refractivity contribution in [1.82, 2.24) is 4.98 Å². The molecule has 1 atom stereocenters. The Morgan fingerprint density at radius 3 is 2.80 bits per heavy atom. The predicted octanol–water partition coefficient (Wildman–Crippen LogP) is 2.43. The Kier molecular flexibility index (Phi) is 2.69. The number of nitrogens with two attached hydrogens (primary N) is 1. The lowest BCUT2D eigenvalue weighted by Crippen LogP contribution is -2.17. The van der Waals surface area contributed by atoms with Crippen LogP contribution < -0.4 is 5.73 Å². The maximum atomic E-state index is 5.78. The minimum absolute atomic E-state index is 0.209. The topological polar surface area (TPSA) is 38.9 Å². The first kappa shape index (κ1) is 10.1. The average Bonchev–Trinajstić information content (AvgIpc) is 2.17. The van der Waals surface area contributed by atoms with Crippen LogP contribution in [0.25, 0.3) is 10.9 Å². The molecule has 2 nitrogen and oxygen atoms in total. The van der Waals surface area contributed by atoms with Crippen molar-refractivity contribution < 1.29 is 0 Å². The van der Waals surface area contributed by atoms with Crippen LogP contribution in [0, 0.1) is 6.92 Å². The summed E-state index contributed by atoms with van der Waals surface area (Å²) in [5.41, 5.74) is 9.17. The van der Waals surface area contributed by atoms with Gasteiger partial charge in [0.05, 0.1) is 5.52 Å². The zero-order valence-corrected chi connectivity index (χ0v) is 9.20. The van der Waals surface area contributed by atoms with Gasteiger partial charge in [-0.15, -0.1) is 0 Å². The van der Waals surface area contributed by atoms with Crippen molar-refractivity contribution in [2.75, 3.05) is 0 Å². The lowest BCUT2D eigenvalue weighted by atomic mass is 10.0. The number of pyridine rings is 1. The first-order valence-corrected chi connectivity index (χ1v) is 5.27. The van der Waals surface area contributed by atoms with E-state index in [-0.39, 0.29) is 6.04 Å². The van der Waals surface area contributed by atoms with Crippen LogP contribution in [0.4, 0.5) is 0 Å². The van der Waals surface area contributed by atoms with Gasteiger partial charge in [0.15, 0.2) is 0 Å². The summed E-state index contributed by atoms with van der Waals surface area (Å²) in [6, 6.07) is 10.7. The van der Waals surface area contributed by atoms with Gasteiger partial charge >= 0.3 is 0 Å². The molecule has 0 aliphatic carbocycles. The second kappa shape index (κ2) is 3.99. The van der Waals surface area contributed by atoms with Gasteiger partial charge in [0, 0.05) is 17.1 Å². The fourth-order valence-electron chi connectivity index (χ4n) is 1.78. The molecule has 1 heterocycles. The first-order valence-electron chi connectivity index (χ1n) is 5.27. The maximum Gasteiger partial charge on any atom is 0.0705 e. The van der Waals surface area contributed by atoms with E-state index in [9.17, 15) is 0 Å². The number of benzene rings is 1. The highest BCUT2D eigenvalue weighted by Crippen LogP contribution is 2.15. The van der Waals surface area contributed by atoms with Crippen LogP contribution in [0.1, 0.15) is 18.2 Å². The summed E-state index contributed by atoms with van der Waals surface area (Å²) in [5, 5.41) is 1.19. The Morgan fingerprint density at radius 2 is 2.07 bits per heavy atom. The van der Waals surface area contributed by atoms with E-state index in [0.29, 0.717) is 0 Å². The highest BCUT2D eigenvalue weighted by Gasteiger charge is 2.00. The van der Waals surface area contributed by atoms with Crippen molar-refractivity contribution in [1.29, 1.82) is 0 Å². The maximum absolute atomic E-state index is 5.78. The van der Waals surface area contributed by atoms with Crippen molar-refractivity contribution in [3.05, 3.63) is 41.6 Å². The molecule has 1 aromatic heterocycles. The number of hydrogen-bond donors (Lipinski definition) is 1. The van der Waals surface area contributed by atoms with Crippen LogP contribution in [0.2, 0.25) is 0 Å². The first-order chi connectivity index (χ1) is 7.15. The van der Waals surface area contributed by atoms with Gasteiger partial charge in [-0.05, 0) is 44.0 Å². The van der Waals surface area contributed by atoms with Gasteiger partial charge in [-0.3, -0.25) is 4.98 Å². The van der Waals surface area contributed by atoms with Crippen LogP contribution in [-0.4, -0.2) is 11.0 Å². The van der Waals surface area contributed by atoms with E-state index in [1.807, 2.05) is 19.9 Å². The van der Waals surface area contributed by atoms with Crippen LogP contribution in [0.3, 0.4) is 0 Å². The molecule has 0 saturated carbocycles. The number of fused-ring (bicyclic) bond motifs is 1. The lowest BCUT2D eigenvalue weighted by molar-refractivity contribution is 0.739. The highest BCUT2D eigenvalue weighted by atomic mass is 14.7. The molecule has 1 aromatic carbocycles. The molecular weight excluding hydrogens is 184 g/mol. The molecule has 0 aliphatic rings. The average molecular weight is 200 g/mol. The summed E-state index contributed by atoms with van der Waals surface area (Å²) in [6.07, 6.45) is 0.920. The van der Waals surface area contributed by atoms with Gasteiger partial charge in [0.25, 0.3) is 0 Å². The van der Waals surface area contributed by atoms with Crippen LogP contribution in [0.15, 0.2) is 30.3 Å². The van der Waals surface area contributed by atoms with Crippen molar-refractivity contribution in [3.8, 4) is 0 Å². The molecule has 2 rings (SSSR count). The molecule has 15 heavy (non-hydrogen) atoms. The third-order valence-electron chi connectivity index (χ3n) is 2.45. The second-order valence-electron chi connectivity index (χ2n) is 4.16. The molecule has 0 spiro atoms. The number of aromatic nitrogens is 1. The fourth-order valence-corrected chi connectivity index (χ4v) is 1.78. The molecule has 0 aliphatic heterocycles. The van der Waals surface area contributed by atoms with E-state index in [2.05, 4.69) is 29.2 Å². The third-order valence-corrected chi connectivity index (χ3v) is 2.45. The van der Waals surface area contributed by atoms with E-state index in [4.69, 9.17) is 5.73 Å². The molecule has 0 bridgehead atoms. The monoisotopic (exact) mass is 200 g/mol. The Morgan fingerprint density at radius 1 is 1.27 bits per heavy atom. The van der Waals surface area contributed by atoms with Crippen molar-refractivity contribution >= 4 is 10.9 Å². The number of aryl methyl sites for hydroxylation is 1. The van der Waals surface area contributed by atoms with Gasteiger partial charge in [0.1, 0.15) is 0 Å². The van der Waals surface area contributed by atoms with E-state index in [0.717, 1.165) is 17.6 Å². The molecule has 0 saturated heterocycles. The summed E-state index contributed by atoms with van der Waals surface area (Å²) in [6.45, 7) is 4.03. The number of nitrogens with zero attached hydrogens (tertiary/aromatic N) is 1. The van der Waals surface area contributed by atoms with Crippen LogP contribution in [-0.2, 0) is 6.42 Å². The van der Waals surface area contributed by atoms with E-state index < -0.39 is 0 Å². The minimum atomic E-state index is 0.209. The van der Waals surface area contributed by atoms with Gasteiger partial charge in [-0.25, -0.2) is 0 Å². The molecule has 2 aromatic rings. The predicted molar refractivity (Wildman–Crippen MR) is 63.8 cm³/mol. The third kappa shape index (κ3) is 2.34. The molecule has 2 heteroatoms. The minimum Gasteiger partial charge on any atom is -0.328 e. The molecule has 0 radical (unpaired) electrons. The molecule has 2 N–H and O–H groups in total. The fraction of sp³-hybridized carbons (Fsp3) is 0.308. The smallest absolute Gasteiger partial charge is 0.0705 e. The number of hydrogen-bond acceptors (Lipinski definition) is 2. The van der Waals surface area contributed by atoms with E-state index in [1.165, 1.54) is 10.9 Å². The van der Waals surface area contributed by atoms with Crippen molar-refractivity contribution in [2.24, 2.45) is 5.73 Å². The zero-order valence-electron chi connectivity index (χ0n) is 9.20. The Bertz CT molecular complexity index is 475. The SMILES string of the molecule is Cc1ccc2cc(C[C@@H](C)N)ccc2n1. The standard InChI is InChI=1S/C13H16N2/c1-9(14)7-11-4-6-13-12(8-11)5-3-10(2)15-13/h3-6,8-9H,7,14H2,1-2H3/t9-/m1/s1.